The molecule has 0 aliphatic heterocycles. The SMILES string of the molecule is Cc1ccc(C(C)(C)C(=O)O)cc1O. The average molecular weight is 194 g/mol. The quantitative estimate of drug-likeness (QED) is 0.757. The van der Waals surface area contributed by atoms with Gasteiger partial charge < -0.3 is 10.2 Å². The van der Waals surface area contributed by atoms with Gasteiger partial charge in [0.1, 0.15) is 5.75 Å². The molecule has 1 aromatic carbocycles. The van der Waals surface area contributed by atoms with Crippen LogP contribution in [-0.2, 0) is 10.2 Å². The van der Waals surface area contributed by atoms with Gasteiger partial charge in [-0.3, -0.25) is 4.79 Å². The maximum atomic E-state index is 10.9. The second-order valence-electron chi connectivity index (χ2n) is 3.93. The number of hydrogen-bond acceptors (Lipinski definition) is 2. The lowest BCUT2D eigenvalue weighted by Gasteiger charge is -2.20. The number of rotatable bonds is 2. The summed E-state index contributed by atoms with van der Waals surface area (Å²) in [6.07, 6.45) is 0. The van der Waals surface area contributed by atoms with Crippen molar-refractivity contribution in [3.63, 3.8) is 0 Å². The molecular formula is C11H14O3. The first-order valence-electron chi connectivity index (χ1n) is 4.39. The molecule has 1 aromatic rings. The van der Waals surface area contributed by atoms with Crippen molar-refractivity contribution in [1.29, 1.82) is 0 Å². The van der Waals surface area contributed by atoms with Gasteiger partial charge >= 0.3 is 5.97 Å². The van der Waals surface area contributed by atoms with Crippen molar-refractivity contribution in [1.82, 2.24) is 0 Å². The molecule has 76 valence electrons. The summed E-state index contributed by atoms with van der Waals surface area (Å²) in [5, 5.41) is 18.4. The van der Waals surface area contributed by atoms with Gasteiger partial charge in [-0.2, -0.15) is 0 Å². The molecule has 2 N–H and O–H groups in total. The van der Waals surface area contributed by atoms with Crippen molar-refractivity contribution >= 4 is 5.97 Å². The Bertz CT molecular complexity index is 367. The van der Waals surface area contributed by atoms with Crippen LogP contribution in [-0.4, -0.2) is 16.2 Å². The van der Waals surface area contributed by atoms with E-state index in [0.29, 0.717) is 5.56 Å². The van der Waals surface area contributed by atoms with Crippen molar-refractivity contribution < 1.29 is 15.0 Å². The molecule has 14 heavy (non-hydrogen) atoms. The minimum atomic E-state index is -0.967. The highest BCUT2D eigenvalue weighted by atomic mass is 16.4. The number of carboxylic acids is 1. The van der Waals surface area contributed by atoms with E-state index < -0.39 is 11.4 Å². The largest absolute Gasteiger partial charge is 0.508 e. The van der Waals surface area contributed by atoms with Gasteiger partial charge in [0.2, 0.25) is 0 Å². The number of aromatic hydroxyl groups is 1. The van der Waals surface area contributed by atoms with E-state index in [0.717, 1.165) is 5.56 Å². The predicted octanol–water partition coefficient (Wildman–Crippen LogP) is 2.06. The van der Waals surface area contributed by atoms with Crippen LogP contribution < -0.4 is 0 Å². The van der Waals surface area contributed by atoms with Crippen LogP contribution in [0.15, 0.2) is 18.2 Å². The summed E-state index contributed by atoms with van der Waals surface area (Å²) in [6.45, 7) is 4.99. The van der Waals surface area contributed by atoms with Crippen LogP contribution >= 0.6 is 0 Å². The Morgan fingerprint density at radius 2 is 1.93 bits per heavy atom. The van der Waals surface area contributed by atoms with Crippen LogP contribution in [0.3, 0.4) is 0 Å². The van der Waals surface area contributed by atoms with E-state index >= 15 is 0 Å². The number of aryl methyl sites for hydroxylation is 1. The Balaban J connectivity index is 3.21. The fourth-order valence-corrected chi connectivity index (χ4v) is 1.12. The van der Waals surface area contributed by atoms with Gasteiger partial charge in [0.05, 0.1) is 5.41 Å². The predicted molar refractivity (Wildman–Crippen MR) is 53.5 cm³/mol. The number of phenols is 1. The second-order valence-corrected chi connectivity index (χ2v) is 3.93. The normalized spacial score (nSPS) is 11.4. The Morgan fingerprint density at radius 1 is 1.36 bits per heavy atom. The molecule has 0 fully saturated rings. The van der Waals surface area contributed by atoms with E-state index in [4.69, 9.17) is 5.11 Å². The summed E-state index contributed by atoms with van der Waals surface area (Å²) >= 11 is 0. The number of phenolic OH excluding ortho intramolecular Hbond substituents is 1. The third-order valence-corrected chi connectivity index (χ3v) is 2.47. The summed E-state index contributed by atoms with van der Waals surface area (Å²) in [4.78, 5) is 10.9. The number of benzene rings is 1. The Morgan fingerprint density at radius 3 is 2.36 bits per heavy atom. The highest BCUT2D eigenvalue weighted by Crippen LogP contribution is 2.28. The Labute approximate surface area is 83.0 Å². The summed E-state index contributed by atoms with van der Waals surface area (Å²) in [7, 11) is 0. The first-order valence-corrected chi connectivity index (χ1v) is 4.39. The monoisotopic (exact) mass is 194 g/mol. The molecule has 3 nitrogen and oxygen atoms in total. The molecular weight excluding hydrogens is 180 g/mol. The van der Waals surface area contributed by atoms with Gasteiger partial charge in [-0.05, 0) is 38.0 Å². The third-order valence-electron chi connectivity index (χ3n) is 2.47. The number of hydrogen-bond donors (Lipinski definition) is 2. The van der Waals surface area contributed by atoms with Crippen molar-refractivity contribution in [2.24, 2.45) is 0 Å². The molecule has 0 saturated heterocycles. The maximum absolute atomic E-state index is 10.9. The van der Waals surface area contributed by atoms with Gasteiger partial charge in [0, 0.05) is 0 Å². The van der Waals surface area contributed by atoms with Gasteiger partial charge in [0.25, 0.3) is 0 Å². The van der Waals surface area contributed by atoms with Crippen LogP contribution in [0.2, 0.25) is 0 Å². The maximum Gasteiger partial charge on any atom is 0.313 e. The molecule has 0 unspecified atom stereocenters. The van der Waals surface area contributed by atoms with E-state index in [9.17, 15) is 9.90 Å². The fraction of sp³-hybridized carbons (Fsp3) is 0.364. The molecule has 0 heterocycles. The van der Waals surface area contributed by atoms with Crippen LogP contribution in [0, 0.1) is 6.92 Å². The standard InChI is InChI=1S/C11H14O3/c1-7-4-5-8(6-9(7)12)11(2,3)10(13)14/h4-6,12H,1-3H3,(H,13,14). The summed E-state index contributed by atoms with van der Waals surface area (Å²) in [5.74, 6) is -0.766. The molecule has 0 aromatic heterocycles. The summed E-state index contributed by atoms with van der Waals surface area (Å²) < 4.78 is 0. The molecule has 0 bridgehead atoms. The zero-order chi connectivity index (χ0) is 10.9. The van der Waals surface area contributed by atoms with Crippen LogP contribution in [0.25, 0.3) is 0 Å². The van der Waals surface area contributed by atoms with Crippen molar-refractivity contribution in [3.8, 4) is 5.75 Å². The van der Waals surface area contributed by atoms with Crippen LogP contribution in [0.1, 0.15) is 25.0 Å². The second kappa shape index (κ2) is 3.33. The van der Waals surface area contributed by atoms with Gasteiger partial charge in [-0.1, -0.05) is 12.1 Å². The highest BCUT2D eigenvalue weighted by molar-refractivity contribution is 5.80. The minimum absolute atomic E-state index is 0.136. The van der Waals surface area contributed by atoms with E-state index in [1.807, 2.05) is 0 Å². The Hall–Kier alpha value is -1.51. The summed E-state index contributed by atoms with van der Waals surface area (Å²) in [5.41, 5.74) is 0.383. The molecule has 0 aliphatic carbocycles. The molecule has 0 spiro atoms. The van der Waals surface area contributed by atoms with E-state index in [2.05, 4.69) is 0 Å². The van der Waals surface area contributed by atoms with Gasteiger partial charge in [0.15, 0.2) is 0 Å². The molecule has 0 radical (unpaired) electrons. The minimum Gasteiger partial charge on any atom is -0.508 e. The first-order chi connectivity index (χ1) is 6.35. The molecule has 0 saturated carbocycles. The van der Waals surface area contributed by atoms with E-state index in [-0.39, 0.29) is 5.75 Å². The van der Waals surface area contributed by atoms with Crippen molar-refractivity contribution in [3.05, 3.63) is 29.3 Å². The lowest BCUT2D eigenvalue weighted by atomic mass is 9.84. The third kappa shape index (κ3) is 1.71. The summed E-state index contributed by atoms with van der Waals surface area (Å²) in [6, 6.07) is 4.95. The average Bonchev–Trinajstić information content (AvgIpc) is 2.09. The zero-order valence-corrected chi connectivity index (χ0v) is 8.53. The number of carboxylic acid groups (broad SMARTS) is 1. The van der Waals surface area contributed by atoms with Crippen LogP contribution in [0.5, 0.6) is 5.75 Å². The van der Waals surface area contributed by atoms with Crippen molar-refractivity contribution in [2.75, 3.05) is 0 Å². The Kier molecular flexibility index (Phi) is 2.51. The lowest BCUT2D eigenvalue weighted by molar-refractivity contribution is -0.142. The van der Waals surface area contributed by atoms with Gasteiger partial charge in [-0.25, -0.2) is 0 Å². The molecule has 1 rings (SSSR count). The smallest absolute Gasteiger partial charge is 0.313 e. The fourth-order valence-electron chi connectivity index (χ4n) is 1.12. The first kappa shape index (κ1) is 10.6. The van der Waals surface area contributed by atoms with E-state index in [1.54, 1.807) is 32.9 Å². The highest BCUT2D eigenvalue weighted by Gasteiger charge is 2.29. The molecule has 0 amide bonds. The van der Waals surface area contributed by atoms with Crippen LogP contribution in [0.4, 0.5) is 0 Å². The van der Waals surface area contributed by atoms with Crippen molar-refractivity contribution in [2.45, 2.75) is 26.2 Å². The number of aliphatic carboxylic acids is 1. The number of carbonyl (C=O) groups is 1. The zero-order valence-electron chi connectivity index (χ0n) is 8.53. The van der Waals surface area contributed by atoms with E-state index in [1.165, 1.54) is 6.07 Å². The van der Waals surface area contributed by atoms with Gasteiger partial charge in [-0.15, -0.1) is 0 Å². The lowest BCUT2D eigenvalue weighted by Crippen LogP contribution is -2.28. The molecule has 3 heteroatoms. The molecule has 0 atom stereocenters. The topological polar surface area (TPSA) is 57.5 Å². The molecule has 0 aliphatic rings.